The first-order chi connectivity index (χ1) is 14.5. The lowest BCUT2D eigenvalue weighted by atomic mass is 10.1. The number of hydrogen-bond acceptors (Lipinski definition) is 7. The van der Waals surface area contributed by atoms with Crippen LogP contribution in [-0.4, -0.2) is 26.3 Å². The topological polar surface area (TPSA) is 122 Å². The molecule has 1 heterocycles. The second-order valence-corrected chi connectivity index (χ2v) is 6.61. The summed E-state index contributed by atoms with van der Waals surface area (Å²) in [6.45, 7) is 2.05. The van der Waals surface area contributed by atoms with Gasteiger partial charge in [0.05, 0.1) is 16.2 Å². The van der Waals surface area contributed by atoms with Crippen molar-refractivity contribution in [2.75, 3.05) is 0 Å². The number of fused-ring (bicyclic) bond motifs is 1. The lowest BCUT2D eigenvalue weighted by Crippen LogP contribution is -1.91. The maximum absolute atomic E-state index is 11.0. The van der Waals surface area contributed by atoms with Gasteiger partial charge in [-0.25, -0.2) is 4.98 Å². The molecule has 0 spiro atoms. The third kappa shape index (κ3) is 3.58. The zero-order chi connectivity index (χ0) is 21.3. The molecule has 0 aliphatic rings. The summed E-state index contributed by atoms with van der Waals surface area (Å²) in [5.41, 5.74) is 3.04. The molecule has 2 N–H and O–H groups in total. The van der Waals surface area contributed by atoms with E-state index >= 15 is 0 Å². The van der Waals surface area contributed by atoms with Crippen molar-refractivity contribution < 1.29 is 19.6 Å². The average Bonchev–Trinajstić information content (AvgIpc) is 3.16. The van der Waals surface area contributed by atoms with Crippen molar-refractivity contribution in [2.45, 2.75) is 13.3 Å². The van der Waals surface area contributed by atoms with E-state index in [1.807, 2.05) is 18.2 Å². The zero-order valence-electron chi connectivity index (χ0n) is 15.9. The fraction of sp³-hybridized carbons (Fsp3) is 0.0909. The van der Waals surface area contributed by atoms with Crippen LogP contribution in [0.1, 0.15) is 18.1 Å². The molecule has 0 amide bonds. The molecule has 150 valence electrons. The maximum Gasteiger partial charge on any atom is 0.311 e. The summed E-state index contributed by atoms with van der Waals surface area (Å²) in [6, 6.07) is 14.5. The minimum absolute atomic E-state index is 0.0191. The number of nitro benzene ring substituents is 1. The average molecular weight is 403 g/mol. The van der Waals surface area contributed by atoms with Gasteiger partial charge in [0, 0.05) is 17.8 Å². The minimum atomic E-state index is -0.664. The van der Waals surface area contributed by atoms with Crippen LogP contribution in [0.15, 0.2) is 64.0 Å². The van der Waals surface area contributed by atoms with Crippen molar-refractivity contribution in [3.05, 3.63) is 75.8 Å². The molecular formula is C22H17N3O5. The van der Waals surface area contributed by atoms with E-state index in [4.69, 9.17) is 4.42 Å². The maximum atomic E-state index is 11.0. The summed E-state index contributed by atoms with van der Waals surface area (Å²) < 4.78 is 5.78. The van der Waals surface area contributed by atoms with Gasteiger partial charge in [-0.15, -0.1) is 0 Å². The summed E-state index contributed by atoms with van der Waals surface area (Å²) in [5.74, 6) is -0.226. The first kappa shape index (κ1) is 19.1. The van der Waals surface area contributed by atoms with E-state index in [-0.39, 0.29) is 17.2 Å². The first-order valence-corrected chi connectivity index (χ1v) is 9.19. The Balaban J connectivity index is 1.70. The molecule has 0 saturated carbocycles. The van der Waals surface area contributed by atoms with Gasteiger partial charge >= 0.3 is 5.69 Å². The van der Waals surface area contributed by atoms with E-state index in [2.05, 4.69) is 16.9 Å². The van der Waals surface area contributed by atoms with Crippen LogP contribution in [0.25, 0.3) is 22.6 Å². The van der Waals surface area contributed by atoms with Crippen LogP contribution in [0.4, 0.5) is 11.4 Å². The van der Waals surface area contributed by atoms with Gasteiger partial charge in [0.1, 0.15) is 11.3 Å². The van der Waals surface area contributed by atoms with Gasteiger partial charge in [0.25, 0.3) is 0 Å². The Hall–Kier alpha value is -4.20. The smallest absolute Gasteiger partial charge is 0.311 e. The van der Waals surface area contributed by atoms with Gasteiger partial charge in [-0.1, -0.05) is 19.1 Å². The summed E-state index contributed by atoms with van der Waals surface area (Å²) in [6.07, 6.45) is 2.19. The van der Waals surface area contributed by atoms with E-state index < -0.39 is 16.4 Å². The van der Waals surface area contributed by atoms with E-state index in [1.165, 1.54) is 30.5 Å². The van der Waals surface area contributed by atoms with Crippen LogP contribution >= 0.6 is 0 Å². The SMILES string of the molecule is CCc1ccc2oc(-c3cc(N=Cc4cccc([N+](=O)[O-])c4O)ccc3O)nc2c1. The number of rotatable bonds is 5. The number of aromatic nitrogens is 1. The van der Waals surface area contributed by atoms with Gasteiger partial charge in [0.2, 0.25) is 11.6 Å². The highest BCUT2D eigenvalue weighted by Crippen LogP contribution is 2.35. The zero-order valence-corrected chi connectivity index (χ0v) is 15.9. The number of hydrogen-bond donors (Lipinski definition) is 2. The molecule has 30 heavy (non-hydrogen) atoms. The molecule has 4 rings (SSSR count). The van der Waals surface area contributed by atoms with Crippen molar-refractivity contribution in [3.63, 3.8) is 0 Å². The number of benzene rings is 3. The third-order valence-corrected chi connectivity index (χ3v) is 4.67. The van der Waals surface area contributed by atoms with Crippen molar-refractivity contribution in [1.82, 2.24) is 4.98 Å². The molecule has 0 radical (unpaired) electrons. The molecule has 0 saturated heterocycles. The normalized spacial score (nSPS) is 11.4. The number of aryl methyl sites for hydroxylation is 1. The van der Waals surface area contributed by atoms with E-state index in [9.17, 15) is 20.3 Å². The number of nitrogens with zero attached hydrogens (tertiary/aromatic N) is 3. The second-order valence-electron chi connectivity index (χ2n) is 6.61. The van der Waals surface area contributed by atoms with Gasteiger partial charge in [-0.2, -0.15) is 0 Å². The van der Waals surface area contributed by atoms with Gasteiger partial charge in [0.15, 0.2) is 5.58 Å². The van der Waals surface area contributed by atoms with E-state index in [1.54, 1.807) is 12.1 Å². The Labute approximate surface area is 170 Å². The van der Waals surface area contributed by atoms with Crippen molar-refractivity contribution in [2.24, 2.45) is 4.99 Å². The number of aliphatic imine (C=N–C) groups is 1. The highest BCUT2D eigenvalue weighted by Gasteiger charge is 2.16. The Morgan fingerprint density at radius 1 is 1.17 bits per heavy atom. The van der Waals surface area contributed by atoms with Crippen LogP contribution in [-0.2, 0) is 6.42 Å². The van der Waals surface area contributed by atoms with Gasteiger partial charge in [-0.3, -0.25) is 15.1 Å². The highest BCUT2D eigenvalue weighted by atomic mass is 16.6. The summed E-state index contributed by atoms with van der Waals surface area (Å²) >= 11 is 0. The van der Waals surface area contributed by atoms with Crippen molar-refractivity contribution in [3.8, 4) is 23.0 Å². The predicted octanol–water partition coefficient (Wildman–Crippen LogP) is 5.13. The van der Waals surface area contributed by atoms with Gasteiger partial charge < -0.3 is 14.6 Å². The summed E-state index contributed by atoms with van der Waals surface area (Å²) in [4.78, 5) is 19.0. The van der Waals surface area contributed by atoms with Crippen molar-refractivity contribution in [1.29, 1.82) is 0 Å². The van der Waals surface area contributed by atoms with Crippen molar-refractivity contribution >= 4 is 28.7 Å². The summed E-state index contributed by atoms with van der Waals surface area (Å²) in [7, 11) is 0. The molecule has 0 atom stereocenters. The van der Waals surface area contributed by atoms with Crippen LogP contribution in [0.2, 0.25) is 0 Å². The van der Waals surface area contributed by atoms with Crippen LogP contribution in [0, 0.1) is 10.1 Å². The molecule has 8 heteroatoms. The largest absolute Gasteiger partial charge is 0.507 e. The lowest BCUT2D eigenvalue weighted by molar-refractivity contribution is -0.385. The van der Waals surface area contributed by atoms with Gasteiger partial charge in [-0.05, 0) is 48.4 Å². The summed E-state index contributed by atoms with van der Waals surface area (Å²) in [5, 5.41) is 31.3. The molecule has 3 aromatic carbocycles. The third-order valence-electron chi connectivity index (χ3n) is 4.67. The molecule has 8 nitrogen and oxygen atoms in total. The molecule has 0 fully saturated rings. The molecule has 4 aromatic rings. The Kier molecular flexibility index (Phi) is 4.89. The highest BCUT2D eigenvalue weighted by molar-refractivity contribution is 5.88. The fourth-order valence-electron chi connectivity index (χ4n) is 3.03. The Morgan fingerprint density at radius 3 is 2.77 bits per heavy atom. The number of para-hydroxylation sites is 1. The monoisotopic (exact) mass is 403 g/mol. The second kappa shape index (κ2) is 7.67. The Morgan fingerprint density at radius 2 is 2.00 bits per heavy atom. The predicted molar refractivity (Wildman–Crippen MR) is 113 cm³/mol. The van der Waals surface area contributed by atoms with Crippen LogP contribution in [0.5, 0.6) is 11.5 Å². The molecule has 0 unspecified atom stereocenters. The number of oxazole rings is 1. The van der Waals surface area contributed by atoms with Crippen LogP contribution in [0.3, 0.4) is 0 Å². The van der Waals surface area contributed by atoms with E-state index in [0.29, 0.717) is 22.4 Å². The van der Waals surface area contributed by atoms with E-state index in [0.717, 1.165) is 12.0 Å². The number of phenols is 2. The number of aromatic hydroxyl groups is 2. The molecule has 0 aliphatic heterocycles. The minimum Gasteiger partial charge on any atom is -0.507 e. The molecule has 1 aromatic heterocycles. The number of nitro groups is 1. The fourth-order valence-corrected chi connectivity index (χ4v) is 3.03. The quantitative estimate of drug-likeness (QED) is 0.271. The lowest BCUT2D eigenvalue weighted by Gasteiger charge is -2.02. The first-order valence-electron chi connectivity index (χ1n) is 9.19. The molecular weight excluding hydrogens is 386 g/mol. The molecule has 0 aliphatic carbocycles. The molecule has 0 bridgehead atoms. The van der Waals surface area contributed by atoms with Crippen LogP contribution < -0.4 is 0 Å². The Bertz CT molecular complexity index is 1290. The number of phenolic OH excluding ortho intramolecular Hbond substituents is 2. The standard InChI is InChI=1S/C22H17N3O5/c1-2-13-6-9-20-17(10-13)24-22(30-20)16-11-15(7-8-19(16)26)23-12-14-4-3-5-18(21(14)27)25(28)29/h3-12,26-27H,2H2,1H3.